The van der Waals surface area contributed by atoms with Gasteiger partial charge in [-0.15, -0.1) is 0 Å². The van der Waals surface area contributed by atoms with E-state index in [0.29, 0.717) is 0 Å². The van der Waals surface area contributed by atoms with Crippen LogP contribution in [0.5, 0.6) is 0 Å². The minimum Gasteiger partial charge on any atom is -0.547 e. The zero-order chi connectivity index (χ0) is 11.8. The molecule has 90 valence electrons. The van der Waals surface area contributed by atoms with Gasteiger partial charge in [-0.25, -0.2) is 0 Å². The summed E-state index contributed by atoms with van der Waals surface area (Å²) in [7, 11) is 2.47. The van der Waals surface area contributed by atoms with Gasteiger partial charge >= 0.3 is 0 Å². The molecule has 0 fully saturated rings. The summed E-state index contributed by atoms with van der Waals surface area (Å²) in [5.74, 6) is -1.55. The first kappa shape index (κ1) is 14.3. The minimum absolute atomic E-state index is 0.512. The molecule has 0 aromatic rings. The van der Waals surface area contributed by atoms with Crippen LogP contribution in [0.1, 0.15) is 0 Å². The fourth-order valence-corrected chi connectivity index (χ4v) is 0.925. The van der Waals surface area contributed by atoms with Gasteiger partial charge in [-0.05, 0) is 0 Å². The van der Waals surface area contributed by atoms with Gasteiger partial charge in [0, 0.05) is 14.2 Å². The minimum atomic E-state index is -1.55. The molecular formula is C8H15O7-. The quantitative estimate of drug-likeness (QED) is 0.425. The van der Waals surface area contributed by atoms with Crippen LogP contribution in [-0.2, 0) is 19.0 Å². The van der Waals surface area contributed by atoms with Gasteiger partial charge in [-0.3, -0.25) is 0 Å². The van der Waals surface area contributed by atoms with Gasteiger partial charge in [0.25, 0.3) is 0 Å². The van der Waals surface area contributed by atoms with Crippen molar-refractivity contribution in [1.29, 1.82) is 0 Å². The Morgan fingerprint density at radius 3 is 2.13 bits per heavy atom. The van der Waals surface area contributed by atoms with E-state index in [1.54, 1.807) is 0 Å². The summed E-state index contributed by atoms with van der Waals surface area (Å²) in [6.45, 7) is -1.06. The van der Waals surface area contributed by atoms with Crippen molar-refractivity contribution in [3.63, 3.8) is 0 Å². The van der Waals surface area contributed by atoms with Gasteiger partial charge in [-0.2, -0.15) is 0 Å². The second-order valence-electron chi connectivity index (χ2n) is 2.68. The Morgan fingerprint density at radius 2 is 1.87 bits per heavy atom. The first-order chi connectivity index (χ1) is 7.10. The number of carboxylic acid groups (broad SMARTS) is 1. The number of carbonyl (C=O) groups excluding carboxylic acids is 1. The highest BCUT2D eigenvalue weighted by molar-refractivity contribution is 5.70. The molecule has 7 heteroatoms. The average Bonchev–Trinajstić information content (AvgIpc) is 2.24. The number of carboxylic acids is 1. The largest absolute Gasteiger partial charge is 0.547 e. The highest BCUT2D eigenvalue weighted by atomic mass is 16.7. The molecule has 0 rings (SSSR count). The predicted octanol–water partition coefficient (Wildman–Crippen LogP) is -2.91. The summed E-state index contributed by atoms with van der Waals surface area (Å²) in [6.07, 6.45) is -3.67. The number of aliphatic hydroxyl groups is 2. The van der Waals surface area contributed by atoms with E-state index in [4.69, 9.17) is 14.9 Å². The third-order valence-corrected chi connectivity index (χ3v) is 1.76. The molecule has 0 saturated carbocycles. The number of hydrogen-bond donors (Lipinski definition) is 2. The van der Waals surface area contributed by atoms with Crippen molar-refractivity contribution in [2.45, 2.75) is 18.5 Å². The van der Waals surface area contributed by atoms with Crippen molar-refractivity contribution < 1.29 is 34.3 Å². The first-order valence-electron chi connectivity index (χ1n) is 4.24. The van der Waals surface area contributed by atoms with Crippen LogP contribution in [0, 0.1) is 0 Å². The Labute approximate surface area is 87.2 Å². The Hall–Kier alpha value is -0.730. The third-order valence-electron chi connectivity index (χ3n) is 1.76. The van der Waals surface area contributed by atoms with Crippen LogP contribution in [-0.4, -0.2) is 62.1 Å². The maximum Gasteiger partial charge on any atom is 0.181 e. The summed E-state index contributed by atoms with van der Waals surface area (Å²) in [5, 5.41) is 28.2. The zero-order valence-corrected chi connectivity index (χ0v) is 8.58. The molecule has 0 aromatic carbocycles. The molecule has 0 aliphatic rings. The van der Waals surface area contributed by atoms with E-state index in [-0.39, 0.29) is 0 Å². The monoisotopic (exact) mass is 223 g/mol. The van der Waals surface area contributed by atoms with Crippen molar-refractivity contribution in [3.05, 3.63) is 0 Å². The number of methoxy groups -OCH3 is 2. The van der Waals surface area contributed by atoms with Crippen molar-refractivity contribution >= 4 is 5.97 Å². The molecule has 0 saturated heterocycles. The van der Waals surface area contributed by atoms with Crippen molar-refractivity contribution in [3.8, 4) is 0 Å². The lowest BCUT2D eigenvalue weighted by Crippen LogP contribution is -2.49. The molecule has 15 heavy (non-hydrogen) atoms. The first-order valence-corrected chi connectivity index (χ1v) is 4.24. The molecule has 0 amide bonds. The zero-order valence-electron chi connectivity index (χ0n) is 8.58. The Balaban J connectivity index is 4.44. The highest BCUT2D eigenvalue weighted by Gasteiger charge is 2.26. The van der Waals surface area contributed by atoms with Crippen molar-refractivity contribution in [1.82, 2.24) is 0 Å². The lowest BCUT2D eigenvalue weighted by molar-refractivity contribution is -0.329. The molecule has 0 radical (unpaired) electrons. The van der Waals surface area contributed by atoms with Gasteiger partial charge in [0.2, 0.25) is 0 Å². The molecule has 0 aliphatic carbocycles. The molecule has 7 nitrogen and oxygen atoms in total. The second kappa shape index (κ2) is 7.55. The normalized spacial score (nSPS) is 17.1. The van der Waals surface area contributed by atoms with Gasteiger partial charge in [-0.1, -0.05) is 0 Å². The van der Waals surface area contributed by atoms with Crippen LogP contribution < -0.4 is 5.11 Å². The fourth-order valence-electron chi connectivity index (χ4n) is 0.925. The molecule has 0 aromatic heterocycles. The predicted molar refractivity (Wildman–Crippen MR) is 45.6 cm³/mol. The summed E-state index contributed by atoms with van der Waals surface area (Å²) < 4.78 is 14.1. The Morgan fingerprint density at radius 1 is 1.27 bits per heavy atom. The van der Waals surface area contributed by atoms with Crippen LogP contribution >= 0.6 is 0 Å². The van der Waals surface area contributed by atoms with E-state index in [9.17, 15) is 9.90 Å². The number of carbonyl (C=O) groups is 1. The number of hydrogen-bond acceptors (Lipinski definition) is 7. The molecule has 0 bridgehead atoms. The third kappa shape index (κ3) is 4.54. The molecule has 3 atom stereocenters. The SMILES string of the molecule is COC(CO)OC(C(=O)[O-])C(CO)OC. The highest BCUT2D eigenvalue weighted by Crippen LogP contribution is 2.06. The average molecular weight is 223 g/mol. The Bertz CT molecular complexity index is 176. The Kier molecular flexibility index (Phi) is 7.18. The van der Waals surface area contributed by atoms with Gasteiger partial charge < -0.3 is 34.3 Å². The summed E-state index contributed by atoms with van der Waals surface area (Å²) in [6, 6.07) is 0. The summed E-state index contributed by atoms with van der Waals surface area (Å²) in [4.78, 5) is 10.7. The summed E-state index contributed by atoms with van der Waals surface area (Å²) in [5.41, 5.74) is 0. The van der Waals surface area contributed by atoms with Gasteiger partial charge in [0.15, 0.2) is 6.29 Å². The number of aliphatic carboxylic acids is 1. The fraction of sp³-hybridized carbons (Fsp3) is 0.875. The van der Waals surface area contributed by atoms with E-state index in [2.05, 4.69) is 9.47 Å². The van der Waals surface area contributed by atoms with Crippen LogP contribution in [0.2, 0.25) is 0 Å². The van der Waals surface area contributed by atoms with E-state index in [0.717, 1.165) is 0 Å². The van der Waals surface area contributed by atoms with E-state index < -0.39 is 37.7 Å². The van der Waals surface area contributed by atoms with E-state index in [1.807, 2.05) is 0 Å². The topological polar surface area (TPSA) is 108 Å². The standard InChI is InChI=1S/C8H16O7/c1-13-5(3-9)7(8(11)12)15-6(4-10)14-2/h5-7,9-10H,3-4H2,1-2H3,(H,11,12)/p-1. The van der Waals surface area contributed by atoms with E-state index >= 15 is 0 Å². The number of ether oxygens (including phenoxy) is 3. The summed E-state index contributed by atoms with van der Waals surface area (Å²) >= 11 is 0. The van der Waals surface area contributed by atoms with Gasteiger partial charge in [0.05, 0.1) is 19.2 Å². The molecule has 0 spiro atoms. The van der Waals surface area contributed by atoms with Crippen molar-refractivity contribution in [2.75, 3.05) is 27.4 Å². The molecular weight excluding hydrogens is 208 g/mol. The molecule has 2 N–H and O–H groups in total. The van der Waals surface area contributed by atoms with Gasteiger partial charge in [0.1, 0.15) is 12.2 Å². The lowest BCUT2D eigenvalue weighted by atomic mass is 10.2. The number of rotatable bonds is 8. The van der Waals surface area contributed by atoms with Crippen LogP contribution in [0.4, 0.5) is 0 Å². The lowest BCUT2D eigenvalue weighted by Gasteiger charge is -2.28. The second-order valence-corrected chi connectivity index (χ2v) is 2.68. The van der Waals surface area contributed by atoms with Crippen LogP contribution in [0.3, 0.4) is 0 Å². The number of aliphatic hydroxyl groups excluding tert-OH is 2. The van der Waals surface area contributed by atoms with Crippen LogP contribution in [0.25, 0.3) is 0 Å². The molecule has 0 aliphatic heterocycles. The van der Waals surface area contributed by atoms with E-state index in [1.165, 1.54) is 14.2 Å². The smallest absolute Gasteiger partial charge is 0.181 e. The maximum absolute atomic E-state index is 10.7. The molecule has 3 unspecified atom stereocenters. The van der Waals surface area contributed by atoms with Crippen molar-refractivity contribution in [2.24, 2.45) is 0 Å². The van der Waals surface area contributed by atoms with Crippen LogP contribution in [0.15, 0.2) is 0 Å². The maximum atomic E-state index is 10.7. The molecule has 0 heterocycles.